The largest absolute Gasteiger partial charge is 0.489 e. The Hall–Kier alpha value is -3.45. The van der Waals surface area contributed by atoms with Gasteiger partial charge in [-0.15, -0.1) is 0 Å². The molecule has 1 aromatic heterocycles. The number of nitrogens with zero attached hydrogens (tertiary/aromatic N) is 3. The van der Waals surface area contributed by atoms with Gasteiger partial charge in [-0.2, -0.15) is 0 Å². The Bertz CT molecular complexity index is 1160. The van der Waals surface area contributed by atoms with Crippen LogP contribution in [-0.2, 0) is 4.79 Å². The summed E-state index contributed by atoms with van der Waals surface area (Å²) in [6.07, 6.45) is 4.07. The topological polar surface area (TPSA) is 74.8 Å². The minimum atomic E-state index is -0.209. The first-order valence-electron chi connectivity index (χ1n) is 12.0. The van der Waals surface area contributed by atoms with E-state index in [1.807, 2.05) is 65.6 Å². The highest BCUT2D eigenvalue weighted by molar-refractivity contribution is 5.98. The lowest BCUT2D eigenvalue weighted by molar-refractivity contribution is -0.126. The Balaban J connectivity index is 1.24. The molecule has 2 aliphatic rings. The lowest BCUT2D eigenvalue weighted by Crippen LogP contribution is -2.51. The molecule has 34 heavy (non-hydrogen) atoms. The second-order valence-electron chi connectivity index (χ2n) is 9.05. The van der Waals surface area contributed by atoms with Crippen molar-refractivity contribution in [2.24, 2.45) is 0 Å². The molecular weight excluding hydrogens is 428 g/mol. The Morgan fingerprint density at radius 3 is 2.59 bits per heavy atom. The SMILES string of the molecule is CNC(=O)[C@@H]1C[C@H](Oc2ccccc2)CN1C1CCN(C(=O)c2ccc3ncccc3c2)CC1. The van der Waals surface area contributed by atoms with E-state index in [2.05, 4.69) is 15.2 Å². The number of pyridine rings is 1. The number of carbonyl (C=O) groups is 2. The van der Waals surface area contributed by atoms with Crippen LogP contribution in [0.4, 0.5) is 0 Å². The predicted octanol–water partition coefficient (Wildman–Crippen LogP) is 3.11. The van der Waals surface area contributed by atoms with Crippen LogP contribution < -0.4 is 10.1 Å². The summed E-state index contributed by atoms with van der Waals surface area (Å²) in [7, 11) is 1.69. The normalized spacial score (nSPS) is 21.5. The maximum atomic E-state index is 13.2. The van der Waals surface area contributed by atoms with Crippen LogP contribution in [0, 0.1) is 0 Å². The number of aromatic nitrogens is 1. The van der Waals surface area contributed by atoms with Gasteiger partial charge in [-0.1, -0.05) is 24.3 Å². The minimum Gasteiger partial charge on any atom is -0.489 e. The molecule has 0 bridgehead atoms. The molecule has 0 aliphatic carbocycles. The van der Waals surface area contributed by atoms with E-state index in [1.165, 1.54) is 0 Å². The maximum absolute atomic E-state index is 13.2. The number of ether oxygens (including phenoxy) is 1. The van der Waals surface area contributed by atoms with Gasteiger partial charge in [-0.3, -0.25) is 19.5 Å². The summed E-state index contributed by atoms with van der Waals surface area (Å²) in [5, 5.41) is 3.79. The first kappa shape index (κ1) is 22.3. The zero-order valence-electron chi connectivity index (χ0n) is 19.4. The fourth-order valence-corrected chi connectivity index (χ4v) is 5.22. The van der Waals surface area contributed by atoms with Gasteiger partial charge in [0.25, 0.3) is 5.91 Å². The van der Waals surface area contributed by atoms with Crippen molar-refractivity contribution in [2.75, 3.05) is 26.7 Å². The standard InChI is InChI=1S/C27H30N4O3/c1-28-26(32)25-17-23(34-22-7-3-2-4-8-22)18-31(25)21-11-14-30(15-12-21)27(33)20-9-10-24-19(16-20)6-5-13-29-24/h2-10,13,16,21,23,25H,11-12,14-15,17-18H2,1H3,(H,28,32)/t23-,25-/m0/s1. The zero-order chi connectivity index (χ0) is 23.5. The fourth-order valence-electron chi connectivity index (χ4n) is 5.22. The van der Waals surface area contributed by atoms with E-state index in [4.69, 9.17) is 4.74 Å². The van der Waals surface area contributed by atoms with Gasteiger partial charge in [0.1, 0.15) is 11.9 Å². The molecule has 2 atom stereocenters. The first-order valence-corrected chi connectivity index (χ1v) is 12.0. The van der Waals surface area contributed by atoms with E-state index in [-0.39, 0.29) is 30.0 Å². The lowest BCUT2D eigenvalue weighted by Gasteiger charge is -2.38. The average molecular weight is 459 g/mol. The van der Waals surface area contributed by atoms with E-state index in [1.54, 1.807) is 13.2 Å². The molecule has 3 aromatic rings. The van der Waals surface area contributed by atoms with E-state index in [9.17, 15) is 9.59 Å². The summed E-state index contributed by atoms with van der Waals surface area (Å²) in [5.41, 5.74) is 1.58. The van der Waals surface area contributed by atoms with Gasteiger partial charge >= 0.3 is 0 Å². The Morgan fingerprint density at radius 2 is 1.82 bits per heavy atom. The third-order valence-electron chi connectivity index (χ3n) is 6.97. The smallest absolute Gasteiger partial charge is 0.253 e. The monoisotopic (exact) mass is 458 g/mol. The summed E-state index contributed by atoms with van der Waals surface area (Å²) in [4.78, 5) is 34.4. The molecule has 7 nitrogen and oxygen atoms in total. The van der Waals surface area contributed by atoms with Crippen molar-refractivity contribution in [1.82, 2.24) is 20.1 Å². The molecule has 2 fully saturated rings. The van der Waals surface area contributed by atoms with Gasteiger partial charge in [0.05, 0.1) is 11.6 Å². The maximum Gasteiger partial charge on any atom is 0.253 e. The summed E-state index contributed by atoms with van der Waals surface area (Å²) in [6, 6.07) is 19.4. The number of carbonyl (C=O) groups excluding carboxylic acids is 2. The predicted molar refractivity (Wildman–Crippen MR) is 131 cm³/mol. The molecule has 0 unspecified atom stereocenters. The third kappa shape index (κ3) is 4.61. The molecule has 5 rings (SSSR count). The van der Waals surface area contributed by atoms with Gasteiger partial charge in [0, 0.05) is 56.3 Å². The highest BCUT2D eigenvalue weighted by Gasteiger charge is 2.42. The number of para-hydroxylation sites is 1. The van der Waals surface area contributed by atoms with Gasteiger partial charge in [-0.05, 0) is 49.2 Å². The Morgan fingerprint density at radius 1 is 1.03 bits per heavy atom. The molecule has 0 saturated carbocycles. The molecule has 1 N–H and O–H groups in total. The minimum absolute atomic E-state index is 0.0300. The van der Waals surface area contributed by atoms with Gasteiger partial charge in [-0.25, -0.2) is 0 Å². The molecule has 0 radical (unpaired) electrons. The van der Waals surface area contributed by atoms with Crippen molar-refractivity contribution in [3.8, 4) is 5.75 Å². The van der Waals surface area contributed by atoms with Crippen LogP contribution in [0.15, 0.2) is 66.9 Å². The van der Waals surface area contributed by atoms with Crippen LogP contribution in [0.3, 0.4) is 0 Å². The Kier molecular flexibility index (Phi) is 6.45. The van der Waals surface area contributed by atoms with Gasteiger partial charge < -0.3 is 15.0 Å². The van der Waals surface area contributed by atoms with Crippen LogP contribution in [0.2, 0.25) is 0 Å². The first-order chi connectivity index (χ1) is 16.6. The highest BCUT2D eigenvalue weighted by atomic mass is 16.5. The summed E-state index contributed by atoms with van der Waals surface area (Å²) < 4.78 is 6.18. The van der Waals surface area contributed by atoms with Crippen LogP contribution in [0.1, 0.15) is 29.6 Å². The van der Waals surface area contributed by atoms with Crippen molar-refractivity contribution in [3.63, 3.8) is 0 Å². The molecule has 2 aromatic carbocycles. The number of piperidine rings is 1. The number of nitrogens with one attached hydrogen (secondary N) is 1. The Labute approximate surface area is 199 Å². The number of hydrogen-bond donors (Lipinski definition) is 1. The lowest BCUT2D eigenvalue weighted by atomic mass is 10.0. The van der Waals surface area contributed by atoms with Crippen LogP contribution in [0.25, 0.3) is 10.9 Å². The van der Waals surface area contributed by atoms with E-state index in [0.717, 1.165) is 29.5 Å². The number of hydrogen-bond acceptors (Lipinski definition) is 5. The van der Waals surface area contributed by atoms with Gasteiger partial charge in [0.15, 0.2) is 0 Å². The molecular formula is C27H30N4O3. The second kappa shape index (κ2) is 9.81. The van der Waals surface area contributed by atoms with Crippen LogP contribution in [-0.4, -0.2) is 71.5 Å². The number of amides is 2. The number of benzene rings is 2. The molecule has 7 heteroatoms. The van der Waals surface area contributed by atoms with Crippen molar-refractivity contribution < 1.29 is 14.3 Å². The van der Waals surface area contributed by atoms with Crippen molar-refractivity contribution in [3.05, 3.63) is 72.4 Å². The van der Waals surface area contributed by atoms with E-state index in [0.29, 0.717) is 31.6 Å². The van der Waals surface area contributed by atoms with E-state index < -0.39 is 0 Å². The number of rotatable bonds is 5. The molecule has 2 saturated heterocycles. The van der Waals surface area contributed by atoms with Crippen molar-refractivity contribution in [2.45, 2.75) is 37.5 Å². The third-order valence-corrected chi connectivity index (χ3v) is 6.97. The zero-order valence-corrected chi connectivity index (χ0v) is 19.4. The average Bonchev–Trinajstić information content (AvgIpc) is 3.32. The summed E-state index contributed by atoms with van der Waals surface area (Å²) in [6.45, 7) is 2.06. The van der Waals surface area contributed by atoms with Crippen molar-refractivity contribution in [1.29, 1.82) is 0 Å². The number of likely N-dealkylation sites (tertiary alicyclic amines) is 2. The summed E-state index contributed by atoms with van der Waals surface area (Å²) in [5.74, 6) is 0.914. The number of fused-ring (bicyclic) bond motifs is 1. The van der Waals surface area contributed by atoms with E-state index >= 15 is 0 Å². The molecule has 3 heterocycles. The van der Waals surface area contributed by atoms with Gasteiger partial charge in [0.2, 0.25) is 5.91 Å². The number of likely N-dealkylation sites (N-methyl/N-ethyl adjacent to an activating group) is 1. The van der Waals surface area contributed by atoms with Crippen molar-refractivity contribution >= 4 is 22.7 Å². The molecule has 2 amide bonds. The quantitative estimate of drug-likeness (QED) is 0.636. The molecule has 2 aliphatic heterocycles. The van der Waals surface area contributed by atoms with Crippen LogP contribution in [0.5, 0.6) is 5.75 Å². The second-order valence-corrected chi connectivity index (χ2v) is 9.05. The molecule has 0 spiro atoms. The highest BCUT2D eigenvalue weighted by Crippen LogP contribution is 2.29. The molecule has 176 valence electrons. The van der Waals surface area contributed by atoms with Crippen LogP contribution >= 0.6 is 0 Å². The summed E-state index contributed by atoms with van der Waals surface area (Å²) >= 11 is 0. The fraction of sp³-hybridized carbons (Fsp3) is 0.370.